The van der Waals surface area contributed by atoms with E-state index in [1.807, 2.05) is 0 Å². The van der Waals surface area contributed by atoms with E-state index in [0.717, 1.165) is 25.7 Å². The number of hydrogen-bond donors (Lipinski definition) is 1. The van der Waals surface area contributed by atoms with Gasteiger partial charge in [-0.05, 0) is 26.7 Å². The summed E-state index contributed by atoms with van der Waals surface area (Å²) in [5.41, 5.74) is -0.541. The molecule has 2 fully saturated rings. The maximum Gasteiger partial charge on any atom is 0.172 e. The van der Waals surface area contributed by atoms with Crippen LogP contribution in [0.3, 0.4) is 0 Å². The maximum atomic E-state index is 10.5. The molecule has 100 valence electrons. The van der Waals surface area contributed by atoms with Gasteiger partial charge in [-0.2, -0.15) is 5.06 Å². The lowest BCUT2D eigenvalue weighted by atomic mass is 9.73. The van der Waals surface area contributed by atoms with Crippen LogP contribution in [-0.4, -0.2) is 40.3 Å². The summed E-state index contributed by atoms with van der Waals surface area (Å²) in [6.45, 7) is 9.70. The molecular weight excluding hydrogens is 218 g/mol. The topological polar surface area (TPSA) is 41.9 Å². The van der Waals surface area contributed by atoms with Gasteiger partial charge in [0.2, 0.25) is 0 Å². The first kappa shape index (κ1) is 13.3. The van der Waals surface area contributed by atoms with Crippen LogP contribution in [0.2, 0.25) is 0 Å². The molecule has 0 amide bonds. The number of hydrogen-bond acceptors (Lipinski definition) is 4. The van der Waals surface area contributed by atoms with E-state index in [1.165, 1.54) is 0 Å². The zero-order valence-electron chi connectivity index (χ0n) is 11.5. The molecular formula is C13H25NO3. The van der Waals surface area contributed by atoms with E-state index in [0.29, 0.717) is 13.2 Å². The van der Waals surface area contributed by atoms with E-state index >= 15 is 0 Å². The zero-order chi connectivity index (χ0) is 12.7. The lowest BCUT2D eigenvalue weighted by molar-refractivity contribution is -0.323. The average molecular weight is 243 g/mol. The second kappa shape index (κ2) is 4.19. The SMILES string of the molecule is CCC1(CC)CC2(CC(C)(C)N1O)OCCO2. The highest BCUT2D eigenvalue weighted by atomic mass is 16.7. The van der Waals surface area contributed by atoms with Crippen molar-refractivity contribution in [3.63, 3.8) is 0 Å². The van der Waals surface area contributed by atoms with Gasteiger partial charge in [-0.3, -0.25) is 0 Å². The van der Waals surface area contributed by atoms with Gasteiger partial charge in [0.25, 0.3) is 0 Å². The molecule has 0 bridgehead atoms. The summed E-state index contributed by atoms with van der Waals surface area (Å²) in [5.74, 6) is -0.477. The van der Waals surface area contributed by atoms with E-state index < -0.39 is 5.79 Å². The Hall–Kier alpha value is -0.160. The van der Waals surface area contributed by atoms with Crippen molar-refractivity contribution in [3.8, 4) is 0 Å². The Balaban J connectivity index is 2.33. The summed E-state index contributed by atoms with van der Waals surface area (Å²) in [6, 6.07) is 0. The van der Waals surface area contributed by atoms with Crippen molar-refractivity contribution >= 4 is 0 Å². The van der Waals surface area contributed by atoms with Crippen LogP contribution in [0.15, 0.2) is 0 Å². The van der Waals surface area contributed by atoms with Crippen molar-refractivity contribution in [1.29, 1.82) is 0 Å². The Morgan fingerprint density at radius 2 is 1.59 bits per heavy atom. The van der Waals surface area contributed by atoms with E-state index in [4.69, 9.17) is 9.47 Å². The number of rotatable bonds is 2. The Bertz CT molecular complexity index is 280. The molecule has 4 heteroatoms. The third kappa shape index (κ3) is 2.01. The fraction of sp³-hybridized carbons (Fsp3) is 1.00. The minimum absolute atomic E-state index is 0.230. The minimum atomic E-state index is -0.477. The molecule has 0 unspecified atom stereocenters. The molecule has 2 heterocycles. The highest BCUT2D eigenvalue weighted by molar-refractivity contribution is 5.04. The Labute approximate surface area is 104 Å². The number of piperidine rings is 1. The summed E-state index contributed by atoms with van der Waals surface area (Å²) in [6.07, 6.45) is 3.28. The Morgan fingerprint density at radius 1 is 1.06 bits per heavy atom. The molecule has 17 heavy (non-hydrogen) atoms. The molecule has 0 aliphatic carbocycles. The molecule has 2 aliphatic heterocycles. The van der Waals surface area contributed by atoms with Crippen LogP contribution in [0.1, 0.15) is 53.4 Å². The lowest BCUT2D eigenvalue weighted by Gasteiger charge is -2.56. The molecule has 0 radical (unpaired) electrons. The second-order valence-corrected chi connectivity index (χ2v) is 6.02. The average Bonchev–Trinajstić information content (AvgIpc) is 2.71. The van der Waals surface area contributed by atoms with Gasteiger partial charge in [0.15, 0.2) is 5.79 Å². The number of hydroxylamine groups is 2. The second-order valence-electron chi connectivity index (χ2n) is 6.02. The molecule has 2 aliphatic rings. The van der Waals surface area contributed by atoms with E-state index in [-0.39, 0.29) is 11.1 Å². The van der Waals surface area contributed by atoms with Gasteiger partial charge >= 0.3 is 0 Å². The van der Waals surface area contributed by atoms with Gasteiger partial charge < -0.3 is 14.7 Å². The van der Waals surface area contributed by atoms with Crippen molar-refractivity contribution in [3.05, 3.63) is 0 Å². The first-order chi connectivity index (χ1) is 7.90. The first-order valence-corrected chi connectivity index (χ1v) is 6.67. The smallest absolute Gasteiger partial charge is 0.172 e. The summed E-state index contributed by atoms with van der Waals surface area (Å²) in [4.78, 5) is 0. The molecule has 0 aromatic heterocycles. The third-order valence-electron chi connectivity index (χ3n) is 4.45. The van der Waals surface area contributed by atoms with Crippen molar-refractivity contribution in [2.24, 2.45) is 0 Å². The monoisotopic (exact) mass is 243 g/mol. The molecule has 0 saturated carbocycles. The van der Waals surface area contributed by atoms with Gasteiger partial charge in [-0.25, -0.2) is 0 Å². The molecule has 4 nitrogen and oxygen atoms in total. The highest BCUT2D eigenvalue weighted by Crippen LogP contribution is 2.48. The predicted molar refractivity (Wildman–Crippen MR) is 64.9 cm³/mol. The van der Waals surface area contributed by atoms with Gasteiger partial charge in [0, 0.05) is 18.4 Å². The summed E-state index contributed by atoms with van der Waals surface area (Å²) in [7, 11) is 0. The summed E-state index contributed by atoms with van der Waals surface area (Å²) in [5, 5.41) is 12.1. The van der Waals surface area contributed by atoms with E-state index in [9.17, 15) is 5.21 Å². The van der Waals surface area contributed by atoms with Gasteiger partial charge in [-0.15, -0.1) is 0 Å². The van der Waals surface area contributed by atoms with Crippen LogP contribution in [0.5, 0.6) is 0 Å². The Kier molecular flexibility index (Phi) is 3.28. The highest BCUT2D eigenvalue weighted by Gasteiger charge is 2.57. The molecule has 2 saturated heterocycles. The largest absolute Gasteiger partial charge is 0.347 e. The fourth-order valence-corrected chi connectivity index (χ4v) is 3.52. The van der Waals surface area contributed by atoms with Crippen LogP contribution < -0.4 is 0 Å². The van der Waals surface area contributed by atoms with Crippen molar-refractivity contribution in [2.75, 3.05) is 13.2 Å². The lowest BCUT2D eigenvalue weighted by Crippen LogP contribution is -2.66. The molecule has 0 aromatic carbocycles. The van der Waals surface area contributed by atoms with Crippen LogP contribution >= 0.6 is 0 Å². The molecule has 2 rings (SSSR count). The van der Waals surface area contributed by atoms with Crippen LogP contribution in [0, 0.1) is 0 Å². The van der Waals surface area contributed by atoms with Crippen molar-refractivity contribution < 1.29 is 14.7 Å². The predicted octanol–water partition coefficient (Wildman–Crippen LogP) is 2.55. The normalized spacial score (nSPS) is 30.9. The fourth-order valence-electron chi connectivity index (χ4n) is 3.52. The van der Waals surface area contributed by atoms with Gasteiger partial charge in [-0.1, -0.05) is 13.8 Å². The maximum absolute atomic E-state index is 10.5. The molecule has 1 N–H and O–H groups in total. The summed E-state index contributed by atoms with van der Waals surface area (Å²) >= 11 is 0. The van der Waals surface area contributed by atoms with Gasteiger partial charge in [0.1, 0.15) is 0 Å². The zero-order valence-corrected chi connectivity index (χ0v) is 11.5. The van der Waals surface area contributed by atoms with E-state index in [2.05, 4.69) is 27.7 Å². The summed E-state index contributed by atoms with van der Waals surface area (Å²) < 4.78 is 11.7. The van der Waals surface area contributed by atoms with Crippen LogP contribution in [-0.2, 0) is 9.47 Å². The molecule has 0 atom stereocenters. The Morgan fingerprint density at radius 3 is 2.06 bits per heavy atom. The van der Waals surface area contributed by atoms with Gasteiger partial charge in [0.05, 0.1) is 18.8 Å². The quantitative estimate of drug-likeness (QED) is 0.809. The number of nitrogens with zero attached hydrogens (tertiary/aromatic N) is 1. The molecule has 1 spiro atoms. The first-order valence-electron chi connectivity index (χ1n) is 6.67. The standard InChI is InChI=1S/C13H25NO3/c1-5-12(6-2)10-13(16-7-8-17-13)9-11(3,4)14(12)15/h15H,5-10H2,1-4H3. The minimum Gasteiger partial charge on any atom is -0.347 e. The number of ether oxygens (including phenoxy) is 2. The van der Waals surface area contributed by atoms with Crippen LogP contribution in [0.4, 0.5) is 0 Å². The van der Waals surface area contributed by atoms with Crippen molar-refractivity contribution in [1.82, 2.24) is 5.06 Å². The van der Waals surface area contributed by atoms with Crippen molar-refractivity contribution in [2.45, 2.75) is 70.2 Å². The van der Waals surface area contributed by atoms with Crippen LogP contribution in [0.25, 0.3) is 0 Å². The third-order valence-corrected chi connectivity index (χ3v) is 4.45. The molecule has 0 aromatic rings. The van der Waals surface area contributed by atoms with E-state index in [1.54, 1.807) is 5.06 Å².